The summed E-state index contributed by atoms with van der Waals surface area (Å²) in [6, 6.07) is 44.8. The zero-order valence-corrected chi connectivity index (χ0v) is 25.8. The van der Waals surface area contributed by atoms with Gasteiger partial charge in [-0.25, -0.2) is 11.1 Å². The summed E-state index contributed by atoms with van der Waals surface area (Å²) in [5.74, 6) is 0. The number of fused-ring (bicyclic) bond motifs is 2. The molecule has 1 aromatic heterocycles. The second-order valence-corrected chi connectivity index (χ2v) is 9.95. The van der Waals surface area contributed by atoms with Crippen molar-refractivity contribution in [3.8, 4) is 5.69 Å². The summed E-state index contributed by atoms with van der Waals surface area (Å²) in [6.07, 6.45) is 10.8. The summed E-state index contributed by atoms with van der Waals surface area (Å²) >= 11 is 0. The molecular weight excluding hydrogens is 562 g/mol. The monoisotopic (exact) mass is 595 g/mol. The van der Waals surface area contributed by atoms with E-state index in [0.717, 1.165) is 19.3 Å². The van der Waals surface area contributed by atoms with E-state index in [1.807, 2.05) is 0 Å². The first-order valence-corrected chi connectivity index (χ1v) is 13.7. The van der Waals surface area contributed by atoms with E-state index in [1.165, 1.54) is 49.6 Å². The topological polar surface area (TPSA) is 4.93 Å². The molecule has 1 aliphatic rings. The SMILES string of the molecule is CC1=[C-]CC=C1C.[Zr+2].c1ccc(CCc2ccccc2)cc1.c1ccc2[cH-]c(-n3ccc4ccccc43)cc2c1. The molecule has 0 aliphatic heterocycles. The number of hydrogen-bond donors (Lipinski definition) is 0. The molecule has 1 nitrogen and oxygen atoms in total. The Labute approximate surface area is 258 Å². The zero-order chi connectivity index (χ0) is 26.9. The summed E-state index contributed by atoms with van der Waals surface area (Å²) in [5, 5.41) is 3.87. The van der Waals surface area contributed by atoms with Crippen molar-refractivity contribution >= 4 is 21.7 Å². The van der Waals surface area contributed by atoms with E-state index in [2.05, 4.69) is 164 Å². The Hall–Kier alpha value is -3.61. The number of aryl methyl sites for hydroxylation is 2. The fraction of sp³-hybridized carbons (Fsp3) is 0.132. The molecule has 0 saturated heterocycles. The smallest absolute Gasteiger partial charge is 0.335 e. The molecule has 196 valence electrons. The molecule has 0 unspecified atom stereocenters. The van der Waals surface area contributed by atoms with Crippen molar-refractivity contribution in [3.63, 3.8) is 0 Å². The minimum atomic E-state index is 0. The van der Waals surface area contributed by atoms with Gasteiger partial charge in [0.25, 0.3) is 0 Å². The minimum absolute atomic E-state index is 0. The second kappa shape index (κ2) is 14.7. The van der Waals surface area contributed by atoms with Crippen molar-refractivity contribution in [2.75, 3.05) is 0 Å². The van der Waals surface area contributed by atoms with Crippen LogP contribution in [0.5, 0.6) is 0 Å². The van der Waals surface area contributed by atoms with Gasteiger partial charge in [-0.05, 0) is 47.2 Å². The van der Waals surface area contributed by atoms with Gasteiger partial charge in [-0.1, -0.05) is 91.9 Å². The summed E-state index contributed by atoms with van der Waals surface area (Å²) in [6.45, 7) is 4.22. The van der Waals surface area contributed by atoms with Crippen molar-refractivity contribution in [2.24, 2.45) is 0 Å². The number of aromatic nitrogens is 1. The Morgan fingerprint density at radius 2 is 1.25 bits per heavy atom. The van der Waals surface area contributed by atoms with Crippen LogP contribution < -0.4 is 0 Å². The number of nitrogens with zero attached hydrogens (tertiary/aromatic N) is 1. The second-order valence-electron chi connectivity index (χ2n) is 9.95. The average Bonchev–Trinajstić information content (AvgIpc) is 3.72. The summed E-state index contributed by atoms with van der Waals surface area (Å²) in [7, 11) is 0. The molecule has 2 heteroatoms. The maximum Gasteiger partial charge on any atom is 2.00 e. The molecule has 0 spiro atoms. The van der Waals surface area contributed by atoms with E-state index in [9.17, 15) is 0 Å². The van der Waals surface area contributed by atoms with Crippen LogP contribution in [-0.4, -0.2) is 4.57 Å². The van der Waals surface area contributed by atoms with E-state index >= 15 is 0 Å². The average molecular weight is 597 g/mol. The van der Waals surface area contributed by atoms with Crippen LogP contribution in [0.25, 0.3) is 27.4 Å². The van der Waals surface area contributed by atoms with Crippen LogP contribution in [0.1, 0.15) is 31.4 Å². The largest absolute Gasteiger partial charge is 2.00 e. The fourth-order valence-corrected chi connectivity index (χ4v) is 4.81. The molecular formula is C38H35NZr. The summed E-state index contributed by atoms with van der Waals surface area (Å²) < 4.78 is 2.25. The molecule has 0 amide bonds. The Morgan fingerprint density at radius 1 is 0.675 bits per heavy atom. The van der Waals surface area contributed by atoms with Gasteiger partial charge in [0.15, 0.2) is 0 Å². The summed E-state index contributed by atoms with van der Waals surface area (Å²) in [4.78, 5) is 0. The quantitative estimate of drug-likeness (QED) is 0.179. The van der Waals surface area contributed by atoms with Crippen molar-refractivity contribution < 1.29 is 26.2 Å². The fourth-order valence-electron chi connectivity index (χ4n) is 4.81. The van der Waals surface area contributed by atoms with Gasteiger partial charge in [-0.2, -0.15) is 6.08 Å². The van der Waals surface area contributed by atoms with Crippen LogP contribution >= 0.6 is 0 Å². The molecule has 5 aromatic carbocycles. The normalized spacial score (nSPS) is 11.9. The van der Waals surface area contributed by atoms with Crippen molar-refractivity contribution in [1.82, 2.24) is 4.57 Å². The number of rotatable bonds is 4. The van der Waals surface area contributed by atoms with Gasteiger partial charge in [-0.15, -0.1) is 54.4 Å². The van der Waals surface area contributed by atoms with Gasteiger partial charge in [0.05, 0.1) is 5.52 Å². The molecule has 1 heterocycles. The molecule has 0 radical (unpaired) electrons. The first kappa shape index (κ1) is 29.4. The van der Waals surface area contributed by atoms with Crippen LogP contribution in [0.2, 0.25) is 0 Å². The molecule has 7 rings (SSSR count). The van der Waals surface area contributed by atoms with Crippen LogP contribution in [-0.2, 0) is 39.0 Å². The Kier molecular flexibility index (Phi) is 10.8. The van der Waals surface area contributed by atoms with E-state index in [-0.39, 0.29) is 26.2 Å². The predicted octanol–water partition coefficient (Wildman–Crippen LogP) is 10.1. The van der Waals surface area contributed by atoms with Gasteiger partial charge in [-0.3, -0.25) is 6.08 Å². The van der Waals surface area contributed by atoms with E-state index in [0.29, 0.717) is 0 Å². The van der Waals surface area contributed by atoms with Crippen LogP contribution in [0.15, 0.2) is 151 Å². The van der Waals surface area contributed by atoms with Crippen LogP contribution in [0.3, 0.4) is 0 Å². The summed E-state index contributed by atoms with van der Waals surface area (Å²) in [5.41, 5.74) is 8.03. The number of allylic oxidation sites excluding steroid dienone is 4. The first-order valence-electron chi connectivity index (χ1n) is 13.7. The maximum atomic E-state index is 3.19. The molecule has 0 fully saturated rings. The third-order valence-electron chi connectivity index (χ3n) is 7.24. The number of hydrogen-bond acceptors (Lipinski definition) is 0. The number of para-hydroxylation sites is 1. The van der Waals surface area contributed by atoms with Gasteiger partial charge >= 0.3 is 26.2 Å². The van der Waals surface area contributed by atoms with E-state index in [1.54, 1.807) is 0 Å². The molecule has 0 bridgehead atoms. The standard InChI is InChI=1S/C17H12N.C14H14.C7H9.Zr/c1-2-7-15-12-16(11-14(15)6-1)18-10-9-13-5-3-4-8-17(13)18;1-3-7-13(8-4-1)11-12-14-9-5-2-6-10-14;1-6-4-3-5-7(6)2;/h1-12H;1-10H,11-12H2;4H,3H2,1-2H3;/q-1;;-1;+2. The Bertz CT molecular complexity index is 1590. The third kappa shape index (κ3) is 7.74. The van der Waals surface area contributed by atoms with Crippen molar-refractivity contribution in [1.29, 1.82) is 0 Å². The Balaban J connectivity index is 0.000000150. The number of benzene rings is 4. The Morgan fingerprint density at radius 3 is 1.80 bits per heavy atom. The zero-order valence-electron chi connectivity index (χ0n) is 23.3. The van der Waals surface area contributed by atoms with Gasteiger partial charge in [0.1, 0.15) is 0 Å². The van der Waals surface area contributed by atoms with Crippen molar-refractivity contribution in [2.45, 2.75) is 33.1 Å². The van der Waals surface area contributed by atoms with E-state index < -0.39 is 0 Å². The molecule has 1 aliphatic carbocycles. The van der Waals surface area contributed by atoms with Crippen LogP contribution in [0.4, 0.5) is 0 Å². The van der Waals surface area contributed by atoms with Crippen molar-refractivity contribution in [3.05, 3.63) is 168 Å². The van der Waals surface area contributed by atoms with Crippen LogP contribution in [0, 0.1) is 6.08 Å². The van der Waals surface area contributed by atoms with Gasteiger partial charge in [0, 0.05) is 6.20 Å². The molecule has 0 saturated carbocycles. The van der Waals surface area contributed by atoms with E-state index in [4.69, 9.17) is 0 Å². The molecule has 0 atom stereocenters. The van der Waals surface area contributed by atoms with Gasteiger partial charge in [0.2, 0.25) is 0 Å². The predicted molar refractivity (Wildman–Crippen MR) is 167 cm³/mol. The first-order chi connectivity index (χ1) is 19.2. The van der Waals surface area contributed by atoms with Gasteiger partial charge < -0.3 is 4.57 Å². The minimum Gasteiger partial charge on any atom is -0.335 e. The third-order valence-corrected chi connectivity index (χ3v) is 7.24. The molecule has 40 heavy (non-hydrogen) atoms. The maximum absolute atomic E-state index is 3.19. The molecule has 0 N–H and O–H groups in total. The molecule has 6 aromatic rings.